The van der Waals surface area contributed by atoms with Gasteiger partial charge in [0.05, 0.1) is 12.8 Å². The summed E-state index contributed by atoms with van der Waals surface area (Å²) in [7, 11) is 1.50. The summed E-state index contributed by atoms with van der Waals surface area (Å²) >= 11 is 3.49. The molecule has 3 aromatic carbocycles. The molecule has 0 aromatic heterocycles. The molecule has 0 heterocycles. The molecule has 7 heteroatoms. The van der Waals surface area contributed by atoms with Crippen LogP contribution in [0.25, 0.3) is 6.08 Å². The average molecular weight is 483 g/mol. The molecule has 3 aromatic rings. The molecule has 0 saturated carbocycles. The first-order chi connectivity index (χ1) is 14.9. The van der Waals surface area contributed by atoms with Gasteiger partial charge in [0.1, 0.15) is 29.0 Å². The highest BCUT2D eigenvalue weighted by molar-refractivity contribution is 9.10. The molecule has 4 nitrogen and oxygen atoms in total. The lowest BCUT2D eigenvalue weighted by molar-refractivity contribution is -0.112. The van der Waals surface area contributed by atoms with Gasteiger partial charge in [0.25, 0.3) is 5.91 Å². The molecule has 3 rings (SSSR count). The molecule has 0 radical (unpaired) electrons. The molecule has 0 aliphatic carbocycles. The van der Waals surface area contributed by atoms with E-state index in [1.54, 1.807) is 24.3 Å². The predicted octanol–water partition coefficient (Wildman–Crippen LogP) is 5.87. The molecule has 1 N–H and O–H groups in total. The van der Waals surface area contributed by atoms with E-state index >= 15 is 0 Å². The van der Waals surface area contributed by atoms with Crippen molar-refractivity contribution in [1.29, 1.82) is 5.26 Å². The monoisotopic (exact) mass is 482 g/mol. The van der Waals surface area contributed by atoms with Crippen LogP contribution in [0.2, 0.25) is 0 Å². The number of para-hydroxylation sites is 1. The zero-order chi connectivity index (χ0) is 22.4. The minimum Gasteiger partial charge on any atom is -0.496 e. The van der Waals surface area contributed by atoms with Gasteiger partial charge in [0.15, 0.2) is 0 Å². The first kappa shape index (κ1) is 22.2. The molecule has 0 spiro atoms. The smallest absolute Gasteiger partial charge is 0.266 e. The quantitative estimate of drug-likeness (QED) is 0.352. The van der Waals surface area contributed by atoms with Crippen LogP contribution in [0.5, 0.6) is 5.75 Å². The number of anilines is 1. The highest BCUT2D eigenvalue weighted by Crippen LogP contribution is 2.32. The zero-order valence-electron chi connectivity index (χ0n) is 16.5. The van der Waals surface area contributed by atoms with E-state index in [0.29, 0.717) is 22.2 Å². The minimum atomic E-state index is -0.730. The molecule has 0 aliphatic heterocycles. The Bertz CT molecular complexity index is 1200. The van der Waals surface area contributed by atoms with Crippen molar-refractivity contribution in [3.05, 3.63) is 99.0 Å². The van der Waals surface area contributed by atoms with E-state index in [-0.39, 0.29) is 17.1 Å². The number of ether oxygens (including phenoxy) is 1. The van der Waals surface area contributed by atoms with Crippen molar-refractivity contribution in [2.45, 2.75) is 6.42 Å². The summed E-state index contributed by atoms with van der Waals surface area (Å²) in [5.74, 6) is -1.14. The lowest BCUT2D eigenvalue weighted by Crippen LogP contribution is -2.14. The third kappa shape index (κ3) is 5.56. The van der Waals surface area contributed by atoms with Gasteiger partial charge >= 0.3 is 0 Å². The second-order valence-electron chi connectivity index (χ2n) is 6.59. The Morgan fingerprint density at radius 1 is 1.16 bits per heavy atom. The molecule has 1 amide bonds. The standard InChI is InChI=1S/C24H17BrF2N2O2/c1-31-23-13-16(12-20(25)19(23)11-15-5-4-6-18(26)10-15)9-17(14-28)24(30)29-22-8-3-2-7-21(22)27/h2-10,12-13H,11H2,1H3,(H,29,30)/b17-9+. The Labute approximate surface area is 186 Å². The van der Waals surface area contributed by atoms with Gasteiger partial charge in [-0.15, -0.1) is 0 Å². The van der Waals surface area contributed by atoms with Gasteiger partial charge < -0.3 is 10.1 Å². The molecule has 156 valence electrons. The van der Waals surface area contributed by atoms with Crippen LogP contribution < -0.4 is 10.1 Å². The number of nitrogens with one attached hydrogen (secondary N) is 1. The maximum absolute atomic E-state index is 13.8. The van der Waals surface area contributed by atoms with Crippen LogP contribution in [0.4, 0.5) is 14.5 Å². The molecular formula is C24H17BrF2N2O2. The Balaban J connectivity index is 1.90. The van der Waals surface area contributed by atoms with E-state index in [1.807, 2.05) is 12.1 Å². The lowest BCUT2D eigenvalue weighted by atomic mass is 10.0. The molecule has 0 bridgehead atoms. The van der Waals surface area contributed by atoms with E-state index in [1.165, 1.54) is 43.5 Å². The van der Waals surface area contributed by atoms with Gasteiger partial charge in [0, 0.05) is 16.5 Å². The maximum atomic E-state index is 13.8. The minimum absolute atomic E-state index is 0.0159. The topological polar surface area (TPSA) is 62.1 Å². The number of benzene rings is 3. The zero-order valence-corrected chi connectivity index (χ0v) is 18.0. The van der Waals surface area contributed by atoms with Crippen LogP contribution in [0.1, 0.15) is 16.7 Å². The maximum Gasteiger partial charge on any atom is 0.266 e. The fourth-order valence-corrected chi connectivity index (χ4v) is 3.59. The van der Waals surface area contributed by atoms with Crippen molar-refractivity contribution in [2.75, 3.05) is 12.4 Å². The molecule has 0 unspecified atom stereocenters. The number of nitriles is 1. The number of hydrogen-bond acceptors (Lipinski definition) is 3. The normalized spacial score (nSPS) is 11.0. The van der Waals surface area contributed by atoms with Gasteiger partial charge in [-0.2, -0.15) is 5.26 Å². The van der Waals surface area contributed by atoms with Gasteiger partial charge in [-0.05, 0) is 53.6 Å². The van der Waals surface area contributed by atoms with Crippen molar-refractivity contribution in [1.82, 2.24) is 0 Å². The van der Waals surface area contributed by atoms with Gasteiger partial charge in [-0.1, -0.05) is 40.2 Å². The number of halogens is 3. The highest BCUT2D eigenvalue weighted by Gasteiger charge is 2.15. The van der Waals surface area contributed by atoms with E-state index < -0.39 is 11.7 Å². The van der Waals surface area contributed by atoms with Crippen molar-refractivity contribution < 1.29 is 18.3 Å². The number of methoxy groups -OCH3 is 1. The van der Waals surface area contributed by atoms with E-state index in [9.17, 15) is 18.8 Å². The Hall–Kier alpha value is -3.50. The fourth-order valence-electron chi connectivity index (χ4n) is 2.99. The van der Waals surface area contributed by atoms with Crippen molar-refractivity contribution in [3.63, 3.8) is 0 Å². The summed E-state index contributed by atoms with van der Waals surface area (Å²) in [6.07, 6.45) is 1.81. The second-order valence-corrected chi connectivity index (χ2v) is 7.45. The van der Waals surface area contributed by atoms with Crippen molar-refractivity contribution >= 4 is 33.6 Å². The summed E-state index contributed by atoms with van der Waals surface area (Å²) < 4.78 is 33.4. The second kappa shape index (κ2) is 10.0. The molecule has 0 saturated heterocycles. The van der Waals surface area contributed by atoms with Crippen molar-refractivity contribution in [3.8, 4) is 11.8 Å². The number of amides is 1. The summed E-state index contributed by atoms with van der Waals surface area (Å²) in [6.45, 7) is 0. The highest BCUT2D eigenvalue weighted by atomic mass is 79.9. The Kier molecular flexibility index (Phi) is 7.16. The van der Waals surface area contributed by atoms with Gasteiger partial charge in [-0.25, -0.2) is 8.78 Å². The van der Waals surface area contributed by atoms with Crippen LogP contribution >= 0.6 is 15.9 Å². The SMILES string of the molecule is COc1cc(/C=C(\C#N)C(=O)Nc2ccccc2F)cc(Br)c1Cc1cccc(F)c1. The largest absolute Gasteiger partial charge is 0.496 e. The molecular weight excluding hydrogens is 466 g/mol. The van der Waals surface area contributed by atoms with Crippen LogP contribution in [0.3, 0.4) is 0 Å². The van der Waals surface area contributed by atoms with E-state index in [4.69, 9.17) is 4.74 Å². The number of nitrogens with zero attached hydrogens (tertiary/aromatic N) is 1. The molecule has 0 fully saturated rings. The van der Waals surface area contributed by atoms with Crippen LogP contribution in [0, 0.1) is 23.0 Å². The first-order valence-corrected chi connectivity index (χ1v) is 9.99. The van der Waals surface area contributed by atoms with E-state index in [2.05, 4.69) is 21.2 Å². The average Bonchev–Trinajstić information content (AvgIpc) is 2.75. The number of carbonyl (C=O) groups is 1. The van der Waals surface area contributed by atoms with Crippen LogP contribution in [-0.2, 0) is 11.2 Å². The first-order valence-electron chi connectivity index (χ1n) is 9.19. The summed E-state index contributed by atoms with van der Waals surface area (Å²) in [6, 6.07) is 17.2. The molecule has 0 atom stereocenters. The van der Waals surface area contributed by atoms with Gasteiger partial charge in [-0.3, -0.25) is 4.79 Å². The molecule has 31 heavy (non-hydrogen) atoms. The predicted molar refractivity (Wildman–Crippen MR) is 119 cm³/mol. The van der Waals surface area contributed by atoms with Gasteiger partial charge in [0.2, 0.25) is 0 Å². The number of carbonyl (C=O) groups excluding carboxylic acids is 1. The third-order valence-corrected chi connectivity index (χ3v) is 5.17. The lowest BCUT2D eigenvalue weighted by Gasteiger charge is -2.13. The Morgan fingerprint density at radius 3 is 2.61 bits per heavy atom. The van der Waals surface area contributed by atoms with E-state index in [0.717, 1.165) is 11.1 Å². The van der Waals surface area contributed by atoms with Crippen LogP contribution in [-0.4, -0.2) is 13.0 Å². The van der Waals surface area contributed by atoms with Crippen LogP contribution in [0.15, 0.2) is 70.7 Å². The summed E-state index contributed by atoms with van der Waals surface area (Å²) in [5, 5.41) is 11.8. The Morgan fingerprint density at radius 2 is 1.94 bits per heavy atom. The molecule has 0 aliphatic rings. The fraction of sp³-hybridized carbons (Fsp3) is 0.0833. The summed E-state index contributed by atoms with van der Waals surface area (Å²) in [5.41, 5.74) is 1.88. The van der Waals surface area contributed by atoms with Crippen molar-refractivity contribution in [2.24, 2.45) is 0 Å². The third-order valence-electron chi connectivity index (χ3n) is 4.46. The summed E-state index contributed by atoms with van der Waals surface area (Å²) in [4.78, 5) is 12.4. The number of hydrogen-bond donors (Lipinski definition) is 1. The number of rotatable bonds is 6.